The highest BCUT2D eigenvalue weighted by molar-refractivity contribution is 6.07. The first-order valence-electron chi connectivity index (χ1n) is 9.92. The molecular weight excluding hydrogens is 369 g/mol. The van der Waals surface area contributed by atoms with Crippen LogP contribution >= 0.6 is 0 Å². The maximum Gasteiger partial charge on any atom is 0.250 e. The van der Waals surface area contributed by atoms with Crippen molar-refractivity contribution < 1.29 is 9.18 Å². The second-order valence-corrected chi connectivity index (χ2v) is 7.29. The monoisotopic (exact) mass is 393 g/mol. The highest BCUT2D eigenvalue weighted by Gasteiger charge is 2.23. The van der Waals surface area contributed by atoms with Crippen LogP contribution in [0.5, 0.6) is 0 Å². The number of aryl methyl sites for hydroxylation is 1. The van der Waals surface area contributed by atoms with E-state index in [1.165, 1.54) is 6.07 Å². The molecule has 1 atom stereocenters. The number of halogens is 1. The minimum atomic E-state index is -0.509. The van der Waals surface area contributed by atoms with Crippen LogP contribution in [-0.4, -0.2) is 35.0 Å². The minimum absolute atomic E-state index is 0.100. The smallest absolute Gasteiger partial charge is 0.250 e. The first-order chi connectivity index (χ1) is 14.1. The molecule has 1 aliphatic rings. The fourth-order valence-electron chi connectivity index (χ4n) is 3.88. The van der Waals surface area contributed by atoms with Crippen molar-refractivity contribution >= 4 is 28.3 Å². The maximum atomic E-state index is 14.2. The molecule has 1 aromatic heterocycles. The Kier molecular flexibility index (Phi) is 5.29. The number of aromatic nitrogens is 2. The molecule has 0 saturated carbocycles. The number of hydrogen-bond acceptors (Lipinski definition) is 5. The summed E-state index contributed by atoms with van der Waals surface area (Å²) < 4.78 is 14.2. The first kappa shape index (κ1) is 19.1. The van der Waals surface area contributed by atoms with Crippen molar-refractivity contribution in [2.45, 2.75) is 32.2 Å². The molecule has 0 radical (unpaired) electrons. The summed E-state index contributed by atoms with van der Waals surface area (Å²) in [6.45, 7) is 3.46. The number of carbonyl (C=O) groups excluding carboxylic acids is 1. The summed E-state index contributed by atoms with van der Waals surface area (Å²) in [7, 11) is 0. The molecule has 3 N–H and O–H groups in total. The number of amides is 1. The van der Waals surface area contributed by atoms with Gasteiger partial charge < -0.3 is 16.0 Å². The molecule has 0 bridgehead atoms. The number of carbonyl (C=O) groups is 1. The Morgan fingerprint density at radius 1 is 1.24 bits per heavy atom. The van der Waals surface area contributed by atoms with Crippen LogP contribution in [0.3, 0.4) is 0 Å². The van der Waals surface area contributed by atoms with Gasteiger partial charge in [-0.25, -0.2) is 14.4 Å². The fourth-order valence-corrected chi connectivity index (χ4v) is 3.88. The molecule has 3 aromatic rings. The highest BCUT2D eigenvalue weighted by atomic mass is 19.1. The fraction of sp³-hybridized carbons (Fsp3) is 0.318. The molecule has 1 saturated heterocycles. The number of benzene rings is 2. The van der Waals surface area contributed by atoms with Gasteiger partial charge in [-0.3, -0.25) is 4.79 Å². The van der Waals surface area contributed by atoms with Gasteiger partial charge in [0.25, 0.3) is 5.91 Å². The lowest BCUT2D eigenvalue weighted by atomic mass is 10.0. The van der Waals surface area contributed by atoms with Crippen LogP contribution in [0, 0.1) is 5.82 Å². The van der Waals surface area contributed by atoms with E-state index < -0.39 is 5.91 Å². The van der Waals surface area contributed by atoms with E-state index in [1.807, 2.05) is 25.1 Å². The molecule has 150 valence electrons. The van der Waals surface area contributed by atoms with Crippen LogP contribution < -0.4 is 16.0 Å². The Hall–Kier alpha value is -3.22. The second-order valence-electron chi connectivity index (χ2n) is 7.29. The summed E-state index contributed by atoms with van der Waals surface area (Å²) in [6, 6.07) is 12.3. The number of nitrogens with zero attached hydrogens (tertiary/aromatic N) is 3. The zero-order chi connectivity index (χ0) is 20.4. The van der Waals surface area contributed by atoms with Crippen LogP contribution in [0.1, 0.15) is 35.9 Å². The van der Waals surface area contributed by atoms with Crippen molar-refractivity contribution in [1.82, 2.24) is 9.97 Å². The van der Waals surface area contributed by atoms with Gasteiger partial charge in [-0.15, -0.1) is 0 Å². The van der Waals surface area contributed by atoms with E-state index in [2.05, 4.69) is 20.2 Å². The van der Waals surface area contributed by atoms with Crippen LogP contribution in [0.15, 0.2) is 42.5 Å². The molecule has 6 nitrogen and oxygen atoms in total. The summed E-state index contributed by atoms with van der Waals surface area (Å²) >= 11 is 0. The quantitative estimate of drug-likeness (QED) is 0.693. The average molecular weight is 393 g/mol. The number of rotatable bonds is 5. The van der Waals surface area contributed by atoms with E-state index >= 15 is 0 Å². The van der Waals surface area contributed by atoms with Gasteiger partial charge in [0, 0.05) is 30.9 Å². The van der Waals surface area contributed by atoms with Crippen LogP contribution in [0.25, 0.3) is 10.9 Å². The van der Waals surface area contributed by atoms with Crippen molar-refractivity contribution in [1.29, 1.82) is 0 Å². The Morgan fingerprint density at radius 3 is 2.83 bits per heavy atom. The number of nitrogens with one attached hydrogen (secondary N) is 1. The first-order valence-corrected chi connectivity index (χ1v) is 9.92. The van der Waals surface area contributed by atoms with E-state index in [9.17, 15) is 9.18 Å². The number of hydrogen-bond donors (Lipinski definition) is 2. The highest BCUT2D eigenvalue weighted by Crippen LogP contribution is 2.27. The Labute approximate surface area is 168 Å². The summed E-state index contributed by atoms with van der Waals surface area (Å²) in [5.41, 5.74) is 7.12. The van der Waals surface area contributed by atoms with E-state index in [0.717, 1.165) is 24.8 Å². The van der Waals surface area contributed by atoms with Gasteiger partial charge >= 0.3 is 0 Å². The van der Waals surface area contributed by atoms with Gasteiger partial charge in [0.2, 0.25) is 0 Å². The molecule has 29 heavy (non-hydrogen) atoms. The number of para-hydroxylation sites is 2. The van der Waals surface area contributed by atoms with Crippen molar-refractivity contribution in [3.05, 3.63) is 59.7 Å². The summed E-state index contributed by atoms with van der Waals surface area (Å²) in [5, 5.41) is 4.28. The summed E-state index contributed by atoms with van der Waals surface area (Å²) in [5.74, 6) is 0.622. The lowest BCUT2D eigenvalue weighted by Gasteiger charge is -2.35. The molecule has 2 aromatic carbocycles. The number of anilines is 2. The molecule has 0 aliphatic carbocycles. The van der Waals surface area contributed by atoms with Crippen molar-refractivity contribution in [2.24, 2.45) is 5.73 Å². The Bertz CT molecular complexity index is 1050. The number of primary amides is 1. The van der Waals surface area contributed by atoms with Crippen LogP contribution in [-0.2, 0) is 6.42 Å². The Morgan fingerprint density at radius 2 is 2.07 bits per heavy atom. The number of piperidine rings is 1. The average Bonchev–Trinajstić information content (AvgIpc) is 2.73. The number of nitrogens with two attached hydrogens (primary N) is 1. The van der Waals surface area contributed by atoms with E-state index in [0.29, 0.717) is 41.4 Å². The third kappa shape index (κ3) is 3.85. The zero-order valence-corrected chi connectivity index (χ0v) is 16.4. The predicted molar refractivity (Wildman–Crippen MR) is 113 cm³/mol. The molecule has 0 spiro atoms. The maximum absolute atomic E-state index is 14.2. The van der Waals surface area contributed by atoms with E-state index in [1.54, 1.807) is 18.2 Å². The largest absolute Gasteiger partial charge is 0.367 e. The molecule has 7 heteroatoms. The molecule has 1 fully saturated rings. The molecule has 4 rings (SSSR count). The van der Waals surface area contributed by atoms with Crippen molar-refractivity contribution in [3.8, 4) is 0 Å². The Balaban J connectivity index is 1.66. The molecule has 2 heterocycles. The topological polar surface area (TPSA) is 84.1 Å². The van der Waals surface area contributed by atoms with Crippen molar-refractivity contribution in [3.63, 3.8) is 0 Å². The number of fused-ring (bicyclic) bond motifs is 1. The second kappa shape index (κ2) is 8.03. The summed E-state index contributed by atoms with van der Waals surface area (Å²) in [4.78, 5) is 23.1. The van der Waals surface area contributed by atoms with Crippen LogP contribution in [0.4, 0.5) is 15.9 Å². The van der Waals surface area contributed by atoms with Gasteiger partial charge in [-0.05, 0) is 37.1 Å². The zero-order valence-electron chi connectivity index (χ0n) is 16.4. The normalized spacial score (nSPS) is 16.8. The van der Waals surface area contributed by atoms with Gasteiger partial charge in [-0.2, -0.15) is 0 Å². The summed E-state index contributed by atoms with van der Waals surface area (Å²) in [6.07, 6.45) is 2.54. The molecule has 1 unspecified atom stereocenters. The third-order valence-corrected chi connectivity index (χ3v) is 5.31. The van der Waals surface area contributed by atoms with E-state index in [4.69, 9.17) is 5.73 Å². The van der Waals surface area contributed by atoms with Crippen LogP contribution in [0.2, 0.25) is 0 Å². The van der Waals surface area contributed by atoms with Gasteiger partial charge in [0.15, 0.2) is 0 Å². The van der Waals surface area contributed by atoms with Gasteiger partial charge in [0.05, 0.1) is 16.8 Å². The standard InChI is InChI=1S/C22H24FN5O/c1-2-19-26-20-15(21(24)29)8-5-9-16(20)22(27-19)25-14-7-6-12-28(13-14)18-11-4-3-10-17(18)23/h3-5,8-11,14H,2,6-7,12-13H2,1H3,(H2,24,29)(H,25,26,27). The van der Waals surface area contributed by atoms with Gasteiger partial charge in [-0.1, -0.05) is 25.1 Å². The van der Waals surface area contributed by atoms with Crippen molar-refractivity contribution in [2.75, 3.05) is 23.3 Å². The molecule has 1 aliphatic heterocycles. The SMILES string of the molecule is CCc1nc(NC2CCCN(c3ccccc3F)C2)c2cccc(C(N)=O)c2n1. The lowest BCUT2D eigenvalue weighted by molar-refractivity contribution is 0.100. The molecule has 1 amide bonds. The molecular formula is C22H24FN5O. The predicted octanol–water partition coefficient (Wildman–Crippen LogP) is 3.51. The third-order valence-electron chi connectivity index (χ3n) is 5.31. The lowest BCUT2D eigenvalue weighted by Crippen LogP contribution is -2.42. The van der Waals surface area contributed by atoms with Gasteiger partial charge in [0.1, 0.15) is 17.5 Å². The van der Waals surface area contributed by atoms with E-state index in [-0.39, 0.29) is 11.9 Å². The minimum Gasteiger partial charge on any atom is -0.367 e.